The van der Waals surface area contributed by atoms with Crippen molar-refractivity contribution >= 4 is 61.7 Å². The standard InChI is InChI=1S/C26H22BrNO5S/c1-3-32-25(30)16(2)28-24(29)23(34-26(28)31)14-21-20-7-5-4-6-18(20)10-13-22(21)33-15-17-8-11-19(27)12-9-17/h4-14,16H,3,15H2,1-2H3/b23-14+/t16-/m0/s1. The maximum absolute atomic E-state index is 13.1. The number of ether oxygens (including phenoxy) is 2. The van der Waals surface area contributed by atoms with Gasteiger partial charge in [-0.05, 0) is 66.2 Å². The van der Waals surface area contributed by atoms with Gasteiger partial charge >= 0.3 is 5.97 Å². The van der Waals surface area contributed by atoms with E-state index in [1.54, 1.807) is 13.0 Å². The van der Waals surface area contributed by atoms with Crippen LogP contribution in [-0.2, 0) is 20.9 Å². The van der Waals surface area contributed by atoms with Crippen LogP contribution in [0, 0.1) is 0 Å². The average Bonchev–Trinajstić information content (AvgIpc) is 3.11. The summed E-state index contributed by atoms with van der Waals surface area (Å²) in [6.07, 6.45) is 1.67. The number of amides is 2. The number of thioether (sulfide) groups is 1. The summed E-state index contributed by atoms with van der Waals surface area (Å²) >= 11 is 4.23. The highest BCUT2D eigenvalue weighted by Crippen LogP contribution is 2.38. The third kappa shape index (κ3) is 5.03. The summed E-state index contributed by atoms with van der Waals surface area (Å²) in [5, 5.41) is 1.36. The molecule has 4 rings (SSSR count). The number of nitrogens with zero attached hydrogens (tertiary/aromatic N) is 1. The summed E-state index contributed by atoms with van der Waals surface area (Å²) in [6, 6.07) is 18.4. The average molecular weight is 540 g/mol. The van der Waals surface area contributed by atoms with Gasteiger partial charge in [-0.1, -0.05) is 58.4 Å². The molecule has 0 aliphatic carbocycles. The maximum atomic E-state index is 13.1. The van der Waals surface area contributed by atoms with E-state index in [0.29, 0.717) is 17.9 Å². The van der Waals surface area contributed by atoms with Gasteiger partial charge in [-0.15, -0.1) is 0 Å². The van der Waals surface area contributed by atoms with Crippen LogP contribution in [-0.4, -0.2) is 34.7 Å². The van der Waals surface area contributed by atoms with Crippen LogP contribution in [0.15, 0.2) is 70.0 Å². The van der Waals surface area contributed by atoms with Crippen LogP contribution in [0.4, 0.5) is 4.79 Å². The lowest BCUT2D eigenvalue weighted by molar-refractivity contribution is -0.150. The minimum absolute atomic E-state index is 0.171. The number of imide groups is 1. The molecule has 0 saturated carbocycles. The monoisotopic (exact) mass is 539 g/mol. The van der Waals surface area contributed by atoms with Crippen molar-refractivity contribution in [2.75, 3.05) is 6.61 Å². The molecule has 0 radical (unpaired) electrons. The second kappa shape index (κ2) is 10.4. The maximum Gasteiger partial charge on any atom is 0.329 e. The van der Waals surface area contributed by atoms with E-state index in [0.717, 1.165) is 37.5 Å². The van der Waals surface area contributed by atoms with Crippen LogP contribution in [0.25, 0.3) is 16.8 Å². The fourth-order valence-corrected chi connectivity index (χ4v) is 4.76. The number of rotatable bonds is 7. The van der Waals surface area contributed by atoms with E-state index in [-0.39, 0.29) is 11.5 Å². The molecule has 1 fully saturated rings. The predicted octanol–water partition coefficient (Wildman–Crippen LogP) is 6.17. The molecule has 6 nitrogen and oxygen atoms in total. The zero-order valence-corrected chi connectivity index (χ0v) is 21.0. The molecule has 0 bridgehead atoms. The lowest BCUT2D eigenvalue weighted by Gasteiger charge is -2.19. The van der Waals surface area contributed by atoms with E-state index in [1.807, 2.05) is 60.7 Å². The molecular weight excluding hydrogens is 518 g/mol. The Morgan fingerprint density at radius 1 is 1.09 bits per heavy atom. The number of carbonyl (C=O) groups is 3. The van der Waals surface area contributed by atoms with Gasteiger partial charge in [-0.2, -0.15) is 0 Å². The third-order valence-electron chi connectivity index (χ3n) is 5.35. The number of halogens is 1. The highest BCUT2D eigenvalue weighted by atomic mass is 79.9. The summed E-state index contributed by atoms with van der Waals surface area (Å²) in [4.78, 5) is 39.0. The molecule has 1 aliphatic heterocycles. The Kier molecular flexibility index (Phi) is 7.38. The molecule has 0 aromatic heterocycles. The first-order valence-corrected chi connectivity index (χ1v) is 12.3. The molecule has 0 spiro atoms. The van der Waals surface area contributed by atoms with Gasteiger partial charge in [-0.3, -0.25) is 14.5 Å². The molecule has 1 heterocycles. The summed E-state index contributed by atoms with van der Waals surface area (Å²) < 4.78 is 12.1. The van der Waals surface area contributed by atoms with Gasteiger partial charge in [0.15, 0.2) is 0 Å². The quantitative estimate of drug-likeness (QED) is 0.264. The van der Waals surface area contributed by atoms with Crippen molar-refractivity contribution in [3.05, 3.63) is 81.2 Å². The largest absolute Gasteiger partial charge is 0.488 e. The van der Waals surface area contributed by atoms with E-state index in [2.05, 4.69) is 15.9 Å². The smallest absolute Gasteiger partial charge is 0.329 e. The minimum Gasteiger partial charge on any atom is -0.488 e. The van der Waals surface area contributed by atoms with Crippen molar-refractivity contribution in [2.45, 2.75) is 26.5 Å². The Morgan fingerprint density at radius 2 is 1.82 bits per heavy atom. The minimum atomic E-state index is -1.00. The summed E-state index contributed by atoms with van der Waals surface area (Å²) in [7, 11) is 0. The lowest BCUT2D eigenvalue weighted by Crippen LogP contribution is -2.42. The molecule has 1 saturated heterocycles. The molecule has 1 aliphatic rings. The fourth-order valence-electron chi connectivity index (χ4n) is 3.61. The summed E-state index contributed by atoms with van der Waals surface area (Å²) in [6.45, 7) is 3.68. The molecule has 0 unspecified atom stereocenters. The first-order chi connectivity index (χ1) is 16.4. The molecule has 3 aromatic rings. The SMILES string of the molecule is CCOC(=O)[C@H](C)N1C(=O)S/C(=C/c2c(OCc3ccc(Br)cc3)ccc3ccccc23)C1=O. The second-order valence-electron chi connectivity index (χ2n) is 7.59. The van der Waals surface area contributed by atoms with Gasteiger partial charge in [0.25, 0.3) is 11.1 Å². The van der Waals surface area contributed by atoms with E-state index in [9.17, 15) is 14.4 Å². The van der Waals surface area contributed by atoms with Gasteiger partial charge < -0.3 is 9.47 Å². The Labute approximate surface area is 210 Å². The van der Waals surface area contributed by atoms with E-state index in [4.69, 9.17) is 9.47 Å². The van der Waals surface area contributed by atoms with E-state index >= 15 is 0 Å². The van der Waals surface area contributed by atoms with Crippen LogP contribution in [0.5, 0.6) is 5.75 Å². The van der Waals surface area contributed by atoms with Crippen LogP contribution >= 0.6 is 27.7 Å². The molecular formula is C26H22BrNO5S. The van der Waals surface area contributed by atoms with Crippen molar-refractivity contribution in [2.24, 2.45) is 0 Å². The van der Waals surface area contributed by atoms with Gasteiger partial charge in [-0.25, -0.2) is 4.79 Å². The van der Waals surface area contributed by atoms with Crippen LogP contribution in [0.3, 0.4) is 0 Å². The molecule has 3 aromatic carbocycles. The van der Waals surface area contributed by atoms with Crippen LogP contribution < -0.4 is 4.74 Å². The zero-order chi connectivity index (χ0) is 24.2. The summed E-state index contributed by atoms with van der Waals surface area (Å²) in [5.41, 5.74) is 1.69. The Bertz CT molecular complexity index is 1290. The highest BCUT2D eigenvalue weighted by Gasteiger charge is 2.41. The number of fused-ring (bicyclic) bond motifs is 1. The summed E-state index contributed by atoms with van der Waals surface area (Å²) in [5.74, 6) is -0.552. The molecule has 174 valence electrons. The molecule has 2 amide bonds. The lowest BCUT2D eigenvalue weighted by atomic mass is 10.0. The first kappa shape index (κ1) is 24.0. The van der Waals surface area contributed by atoms with Gasteiger partial charge in [0.1, 0.15) is 18.4 Å². The van der Waals surface area contributed by atoms with Gasteiger partial charge in [0.2, 0.25) is 0 Å². The fraction of sp³-hybridized carbons (Fsp3) is 0.192. The molecule has 34 heavy (non-hydrogen) atoms. The van der Waals surface area contributed by atoms with Crippen LogP contribution in [0.1, 0.15) is 25.0 Å². The van der Waals surface area contributed by atoms with Crippen molar-refractivity contribution < 1.29 is 23.9 Å². The Balaban J connectivity index is 1.69. The number of esters is 1. The topological polar surface area (TPSA) is 72.9 Å². The molecule has 0 N–H and O–H groups in total. The number of carbonyl (C=O) groups excluding carboxylic acids is 3. The second-order valence-corrected chi connectivity index (χ2v) is 9.50. The number of hydrogen-bond acceptors (Lipinski definition) is 6. The van der Waals surface area contributed by atoms with Crippen molar-refractivity contribution in [1.82, 2.24) is 4.90 Å². The van der Waals surface area contributed by atoms with Crippen molar-refractivity contribution in [3.63, 3.8) is 0 Å². The van der Waals surface area contributed by atoms with Crippen LogP contribution in [0.2, 0.25) is 0 Å². The zero-order valence-electron chi connectivity index (χ0n) is 18.6. The first-order valence-electron chi connectivity index (χ1n) is 10.7. The highest BCUT2D eigenvalue weighted by molar-refractivity contribution is 9.10. The van der Waals surface area contributed by atoms with E-state index in [1.165, 1.54) is 6.92 Å². The molecule has 8 heteroatoms. The van der Waals surface area contributed by atoms with Gasteiger partial charge in [0, 0.05) is 10.0 Å². The van der Waals surface area contributed by atoms with Crippen molar-refractivity contribution in [3.8, 4) is 5.75 Å². The normalized spacial score (nSPS) is 15.7. The predicted molar refractivity (Wildman–Crippen MR) is 136 cm³/mol. The molecule has 1 atom stereocenters. The number of benzene rings is 3. The third-order valence-corrected chi connectivity index (χ3v) is 6.76. The Morgan fingerprint density at radius 3 is 2.56 bits per heavy atom. The Hall–Kier alpha value is -3.10. The van der Waals surface area contributed by atoms with E-state index < -0.39 is 23.2 Å². The number of hydrogen-bond donors (Lipinski definition) is 0. The van der Waals surface area contributed by atoms with Crippen molar-refractivity contribution in [1.29, 1.82) is 0 Å². The van der Waals surface area contributed by atoms with Gasteiger partial charge in [0.05, 0.1) is 11.5 Å².